The van der Waals surface area contributed by atoms with Gasteiger partial charge in [-0.3, -0.25) is 0 Å². The second-order valence-electron chi connectivity index (χ2n) is 5.21. The molecular weight excluding hydrogens is 407 g/mol. The molecule has 0 unspecified atom stereocenters. The summed E-state index contributed by atoms with van der Waals surface area (Å²) < 4.78 is 41.2. The third-order valence-electron chi connectivity index (χ3n) is 3.52. The molecule has 168 valence electrons. The molecule has 8 heteroatoms. The normalized spacial score (nSPS) is 9.13. The number of anilines is 1. The Bertz CT molecular complexity index is 912. The molecule has 0 fully saturated rings. The average Bonchev–Trinajstić information content (AvgIpc) is 2.80. The van der Waals surface area contributed by atoms with E-state index in [4.69, 9.17) is 16.3 Å². The quantitative estimate of drug-likeness (QED) is 0.452. The van der Waals surface area contributed by atoms with Gasteiger partial charge in [0.2, 0.25) is 0 Å². The van der Waals surface area contributed by atoms with Crippen LogP contribution in [0.4, 0.5) is 18.9 Å². The van der Waals surface area contributed by atoms with Gasteiger partial charge < -0.3 is 10.5 Å². The SMILES string of the molecule is CC.CC.CCc1cccc(C(=O)OC)c1C#N.N#Cc1ccc(N)cc1C(F)(F)F. The van der Waals surface area contributed by atoms with Gasteiger partial charge in [-0.05, 0) is 36.2 Å². The van der Waals surface area contributed by atoms with Crippen LogP contribution in [0.1, 0.15) is 67.2 Å². The van der Waals surface area contributed by atoms with Crippen molar-refractivity contribution in [2.45, 2.75) is 47.2 Å². The second-order valence-corrected chi connectivity index (χ2v) is 5.21. The van der Waals surface area contributed by atoms with Crippen molar-refractivity contribution in [2.75, 3.05) is 12.8 Å². The van der Waals surface area contributed by atoms with Crippen LogP contribution in [0.25, 0.3) is 0 Å². The molecule has 5 nitrogen and oxygen atoms in total. The Morgan fingerprint density at radius 3 is 2.06 bits per heavy atom. The maximum absolute atomic E-state index is 12.2. The van der Waals surface area contributed by atoms with Crippen LogP contribution in [0.2, 0.25) is 0 Å². The fourth-order valence-electron chi connectivity index (χ4n) is 2.20. The van der Waals surface area contributed by atoms with Crippen LogP contribution in [0.5, 0.6) is 0 Å². The molecule has 2 rings (SSSR count). The lowest BCUT2D eigenvalue weighted by atomic mass is 10.0. The molecule has 31 heavy (non-hydrogen) atoms. The molecule has 0 heterocycles. The number of halogens is 3. The van der Waals surface area contributed by atoms with Gasteiger partial charge in [-0.1, -0.05) is 46.8 Å². The molecule has 0 aromatic heterocycles. The predicted octanol–water partition coefficient (Wildman–Crippen LogP) is 6.12. The van der Waals surface area contributed by atoms with E-state index in [0.29, 0.717) is 11.1 Å². The fraction of sp³-hybridized carbons (Fsp3) is 0.348. The molecule has 2 N–H and O–H groups in total. The van der Waals surface area contributed by atoms with E-state index in [2.05, 4.69) is 4.74 Å². The lowest BCUT2D eigenvalue weighted by molar-refractivity contribution is -0.137. The Morgan fingerprint density at radius 2 is 1.65 bits per heavy atom. The van der Waals surface area contributed by atoms with Crippen molar-refractivity contribution in [2.24, 2.45) is 0 Å². The highest BCUT2D eigenvalue weighted by atomic mass is 19.4. The number of aryl methyl sites for hydroxylation is 1. The first-order valence-electron chi connectivity index (χ1n) is 9.66. The third-order valence-corrected chi connectivity index (χ3v) is 3.52. The van der Waals surface area contributed by atoms with E-state index in [1.165, 1.54) is 19.2 Å². The number of carbonyl (C=O) groups excluding carboxylic acids is 1. The minimum absolute atomic E-state index is 0.00803. The average molecular weight is 435 g/mol. The highest BCUT2D eigenvalue weighted by Gasteiger charge is 2.33. The van der Waals surface area contributed by atoms with E-state index in [1.54, 1.807) is 12.1 Å². The standard InChI is InChI=1S/C11H11NO2.C8H5F3N2.2C2H6/c1-3-8-5-4-6-9(10(8)7-12)11(13)14-2;9-8(10,11)7-3-6(13)2-1-5(7)4-12;2*1-2/h4-6H,3H2,1-2H3;1-3H,13H2;2*1-2H3. The van der Waals surface area contributed by atoms with Gasteiger partial charge in [0.25, 0.3) is 0 Å². The third kappa shape index (κ3) is 9.22. The highest BCUT2D eigenvalue weighted by Crippen LogP contribution is 2.32. The largest absolute Gasteiger partial charge is 0.465 e. The number of nitrogen functional groups attached to an aromatic ring is 1. The maximum atomic E-state index is 12.2. The minimum atomic E-state index is -4.53. The number of nitrogens with zero attached hydrogens (tertiary/aromatic N) is 2. The van der Waals surface area contributed by atoms with Crippen molar-refractivity contribution in [3.63, 3.8) is 0 Å². The van der Waals surface area contributed by atoms with Gasteiger partial charge in [-0.25, -0.2) is 4.79 Å². The number of nitrogens with two attached hydrogens (primary N) is 1. The molecule has 0 amide bonds. The van der Waals surface area contributed by atoms with Crippen molar-refractivity contribution in [1.82, 2.24) is 0 Å². The summed E-state index contributed by atoms with van der Waals surface area (Å²) in [5, 5.41) is 17.3. The first-order chi connectivity index (χ1) is 14.7. The highest BCUT2D eigenvalue weighted by molar-refractivity contribution is 5.92. The minimum Gasteiger partial charge on any atom is -0.465 e. The predicted molar refractivity (Wildman–Crippen MR) is 115 cm³/mol. The Kier molecular flexibility index (Phi) is 14.7. The van der Waals surface area contributed by atoms with Gasteiger partial charge in [-0.2, -0.15) is 23.7 Å². The number of rotatable bonds is 2. The molecule has 0 saturated heterocycles. The van der Waals surface area contributed by atoms with E-state index in [1.807, 2.05) is 46.8 Å². The molecule has 0 aliphatic rings. The van der Waals surface area contributed by atoms with Crippen molar-refractivity contribution < 1.29 is 22.7 Å². The Hall–Kier alpha value is -3.52. The second kappa shape index (κ2) is 15.3. The van der Waals surface area contributed by atoms with Crippen LogP contribution in [0.3, 0.4) is 0 Å². The van der Waals surface area contributed by atoms with Crippen molar-refractivity contribution in [3.8, 4) is 12.1 Å². The molecule has 0 radical (unpaired) electrons. The van der Waals surface area contributed by atoms with E-state index >= 15 is 0 Å². The first kappa shape index (κ1) is 29.7. The number of carbonyl (C=O) groups is 1. The zero-order valence-electron chi connectivity index (χ0n) is 18.6. The van der Waals surface area contributed by atoms with Crippen LogP contribution >= 0.6 is 0 Å². The van der Waals surface area contributed by atoms with E-state index in [-0.39, 0.29) is 5.69 Å². The fourth-order valence-corrected chi connectivity index (χ4v) is 2.20. The molecule has 0 saturated carbocycles. The van der Waals surface area contributed by atoms with Crippen LogP contribution < -0.4 is 5.73 Å². The van der Waals surface area contributed by atoms with Crippen molar-refractivity contribution in [3.05, 3.63) is 64.2 Å². The summed E-state index contributed by atoms with van der Waals surface area (Å²) >= 11 is 0. The summed E-state index contributed by atoms with van der Waals surface area (Å²) in [5.41, 5.74) is 5.39. The molecule has 0 spiro atoms. The first-order valence-corrected chi connectivity index (χ1v) is 9.66. The molecule has 0 aliphatic carbocycles. The molecule has 0 aliphatic heterocycles. The number of nitriles is 2. The van der Waals surface area contributed by atoms with E-state index in [9.17, 15) is 18.0 Å². The summed E-state index contributed by atoms with van der Waals surface area (Å²) in [6, 6.07) is 11.7. The lowest BCUT2D eigenvalue weighted by Gasteiger charge is -2.08. The Balaban J connectivity index is 0. The summed E-state index contributed by atoms with van der Waals surface area (Å²) in [4.78, 5) is 11.3. The van der Waals surface area contributed by atoms with Gasteiger partial charge in [0.1, 0.15) is 6.07 Å². The van der Waals surface area contributed by atoms with Crippen LogP contribution in [0, 0.1) is 22.7 Å². The topological polar surface area (TPSA) is 99.9 Å². The monoisotopic (exact) mass is 435 g/mol. The Labute approximate surface area is 181 Å². The van der Waals surface area contributed by atoms with E-state index in [0.717, 1.165) is 24.1 Å². The lowest BCUT2D eigenvalue weighted by Crippen LogP contribution is -2.08. The van der Waals surface area contributed by atoms with Crippen LogP contribution in [-0.2, 0) is 17.3 Å². The summed E-state index contributed by atoms with van der Waals surface area (Å²) in [7, 11) is 1.31. The molecule has 0 bridgehead atoms. The summed E-state index contributed by atoms with van der Waals surface area (Å²) in [6.07, 6.45) is -3.80. The zero-order chi connectivity index (χ0) is 24.6. The number of hydrogen-bond acceptors (Lipinski definition) is 5. The zero-order valence-corrected chi connectivity index (χ0v) is 18.6. The number of hydrogen-bond donors (Lipinski definition) is 1. The van der Waals surface area contributed by atoms with E-state index < -0.39 is 23.3 Å². The molecule has 0 atom stereocenters. The van der Waals surface area contributed by atoms with Crippen molar-refractivity contribution >= 4 is 11.7 Å². The molecular formula is C23H28F3N3O2. The number of alkyl halides is 3. The summed E-state index contributed by atoms with van der Waals surface area (Å²) in [5.74, 6) is -0.461. The van der Waals surface area contributed by atoms with Gasteiger partial charge in [-0.15, -0.1) is 0 Å². The number of ether oxygens (including phenoxy) is 1. The van der Waals surface area contributed by atoms with Gasteiger partial charge in [0.05, 0.1) is 35.4 Å². The van der Waals surface area contributed by atoms with Crippen LogP contribution in [-0.4, -0.2) is 13.1 Å². The number of benzene rings is 2. The summed E-state index contributed by atoms with van der Waals surface area (Å²) in [6.45, 7) is 9.94. The van der Waals surface area contributed by atoms with Gasteiger partial charge >= 0.3 is 12.1 Å². The molecule has 2 aromatic carbocycles. The number of esters is 1. The maximum Gasteiger partial charge on any atom is 0.417 e. The van der Waals surface area contributed by atoms with Crippen molar-refractivity contribution in [1.29, 1.82) is 10.5 Å². The number of methoxy groups -OCH3 is 1. The van der Waals surface area contributed by atoms with Crippen LogP contribution in [0.15, 0.2) is 36.4 Å². The molecule has 2 aromatic rings. The van der Waals surface area contributed by atoms with Gasteiger partial charge in [0, 0.05) is 5.69 Å². The Morgan fingerprint density at radius 1 is 1.06 bits per heavy atom. The smallest absolute Gasteiger partial charge is 0.417 e. The van der Waals surface area contributed by atoms with Gasteiger partial charge in [0.15, 0.2) is 0 Å².